The Balaban J connectivity index is 1.68. The molecule has 4 rings (SSSR count). The van der Waals surface area contributed by atoms with Crippen molar-refractivity contribution < 1.29 is 48.0 Å². The van der Waals surface area contributed by atoms with Crippen LogP contribution in [0.1, 0.15) is 59.7 Å². The SMILES string of the molecule is COC(C)(C)C(=O)Nc1ncnn2c([C@]3(C#N)O[C@H](COC(=O)Cc4ccccc4)[C@@H](OC(=O)[C@H](NC(=O)OC(C)(C)C)C(C)C)[C@H]3O)ccc12. The van der Waals surface area contributed by atoms with Gasteiger partial charge in [-0.15, -0.1) is 0 Å². The lowest BCUT2D eigenvalue weighted by Crippen LogP contribution is -2.50. The third kappa shape index (κ3) is 8.80. The minimum Gasteiger partial charge on any atom is -0.463 e. The van der Waals surface area contributed by atoms with E-state index in [1.165, 1.54) is 23.8 Å². The van der Waals surface area contributed by atoms with Gasteiger partial charge in [-0.25, -0.2) is 19.1 Å². The quantitative estimate of drug-likeness (QED) is 0.183. The first-order valence-electron chi connectivity index (χ1n) is 16.3. The van der Waals surface area contributed by atoms with E-state index in [9.17, 15) is 29.5 Å². The molecule has 0 spiro atoms. The van der Waals surface area contributed by atoms with Crippen LogP contribution in [0.5, 0.6) is 0 Å². The van der Waals surface area contributed by atoms with Crippen molar-refractivity contribution in [2.75, 3.05) is 19.0 Å². The molecule has 274 valence electrons. The molecule has 0 unspecified atom stereocenters. The van der Waals surface area contributed by atoms with Crippen molar-refractivity contribution >= 4 is 35.3 Å². The van der Waals surface area contributed by atoms with Crippen LogP contribution in [-0.4, -0.2) is 92.9 Å². The van der Waals surface area contributed by atoms with Crippen LogP contribution in [0.4, 0.5) is 10.6 Å². The number of nitrogens with zero attached hydrogens (tertiary/aromatic N) is 4. The Morgan fingerprint density at radius 2 is 1.78 bits per heavy atom. The molecular formula is C35H44N6O10. The number of benzene rings is 1. The number of fused-ring (bicyclic) bond motifs is 1. The summed E-state index contributed by atoms with van der Waals surface area (Å²) in [6.07, 6.45) is -4.60. The van der Waals surface area contributed by atoms with E-state index in [2.05, 4.69) is 20.7 Å². The number of amides is 2. The molecule has 0 saturated carbocycles. The first-order chi connectivity index (χ1) is 23.9. The van der Waals surface area contributed by atoms with E-state index >= 15 is 0 Å². The van der Waals surface area contributed by atoms with Crippen LogP contribution in [0.3, 0.4) is 0 Å². The highest BCUT2D eigenvalue weighted by molar-refractivity contribution is 5.98. The van der Waals surface area contributed by atoms with Crippen molar-refractivity contribution in [3.8, 4) is 6.07 Å². The number of carbonyl (C=O) groups is 4. The van der Waals surface area contributed by atoms with Crippen LogP contribution >= 0.6 is 0 Å². The highest BCUT2D eigenvalue weighted by Crippen LogP contribution is 2.42. The second-order valence-corrected chi connectivity index (χ2v) is 13.9. The van der Waals surface area contributed by atoms with Gasteiger partial charge in [0, 0.05) is 7.11 Å². The summed E-state index contributed by atoms with van der Waals surface area (Å²) in [7, 11) is 1.38. The zero-order valence-corrected chi connectivity index (χ0v) is 29.8. The van der Waals surface area contributed by atoms with E-state index in [1.807, 2.05) is 6.07 Å². The smallest absolute Gasteiger partial charge is 0.408 e. The fourth-order valence-corrected chi connectivity index (χ4v) is 5.23. The molecule has 1 aliphatic heterocycles. The fourth-order valence-electron chi connectivity index (χ4n) is 5.23. The Hall–Kier alpha value is -5.11. The Labute approximate surface area is 295 Å². The van der Waals surface area contributed by atoms with Crippen LogP contribution in [0, 0.1) is 17.2 Å². The predicted octanol–water partition coefficient (Wildman–Crippen LogP) is 2.82. The molecular weight excluding hydrogens is 664 g/mol. The fraction of sp³-hybridized carbons (Fsp3) is 0.514. The number of nitrogens with one attached hydrogen (secondary N) is 2. The summed E-state index contributed by atoms with van der Waals surface area (Å²) in [6, 6.07) is 12.6. The van der Waals surface area contributed by atoms with Crippen molar-refractivity contribution in [1.82, 2.24) is 19.9 Å². The first-order valence-corrected chi connectivity index (χ1v) is 16.3. The van der Waals surface area contributed by atoms with E-state index < -0.39 is 77.6 Å². The average Bonchev–Trinajstić information content (AvgIpc) is 3.62. The first kappa shape index (κ1) is 38.7. The van der Waals surface area contributed by atoms with Gasteiger partial charge in [-0.05, 0) is 58.2 Å². The number of rotatable bonds is 12. The van der Waals surface area contributed by atoms with Gasteiger partial charge in [0.1, 0.15) is 54.0 Å². The Morgan fingerprint density at radius 3 is 2.39 bits per heavy atom. The number of methoxy groups -OCH3 is 1. The van der Waals surface area contributed by atoms with Gasteiger partial charge in [-0.2, -0.15) is 10.4 Å². The van der Waals surface area contributed by atoms with Gasteiger partial charge in [0.05, 0.1) is 12.1 Å². The molecule has 0 aliphatic carbocycles. The van der Waals surface area contributed by atoms with Gasteiger partial charge in [0.25, 0.3) is 5.91 Å². The molecule has 51 heavy (non-hydrogen) atoms. The van der Waals surface area contributed by atoms with Gasteiger partial charge in [-0.1, -0.05) is 44.2 Å². The zero-order chi connectivity index (χ0) is 37.7. The molecule has 16 heteroatoms. The summed E-state index contributed by atoms with van der Waals surface area (Å²) < 4.78 is 29.3. The Bertz CT molecular complexity index is 1780. The number of ether oxygens (including phenoxy) is 5. The lowest BCUT2D eigenvalue weighted by atomic mass is 9.92. The minimum atomic E-state index is -2.23. The normalized spacial score (nSPS) is 21.1. The summed E-state index contributed by atoms with van der Waals surface area (Å²) in [5.41, 5.74) is -3.36. The molecule has 16 nitrogen and oxygen atoms in total. The van der Waals surface area contributed by atoms with Crippen molar-refractivity contribution in [3.63, 3.8) is 0 Å². The maximum absolute atomic E-state index is 13.6. The third-order valence-electron chi connectivity index (χ3n) is 8.16. The maximum Gasteiger partial charge on any atom is 0.408 e. The maximum atomic E-state index is 13.6. The average molecular weight is 709 g/mol. The highest BCUT2D eigenvalue weighted by Gasteiger charge is 2.60. The molecule has 0 radical (unpaired) electrons. The van der Waals surface area contributed by atoms with Crippen LogP contribution in [0.25, 0.3) is 5.52 Å². The number of esters is 2. The van der Waals surface area contributed by atoms with Gasteiger partial charge in [0.2, 0.25) is 5.60 Å². The number of alkyl carbamates (subject to hydrolysis) is 1. The molecule has 3 N–H and O–H groups in total. The number of carbonyl (C=O) groups excluding carboxylic acids is 4. The van der Waals surface area contributed by atoms with E-state index in [0.29, 0.717) is 5.56 Å². The molecule has 5 atom stereocenters. The van der Waals surface area contributed by atoms with Gasteiger partial charge < -0.3 is 39.4 Å². The van der Waals surface area contributed by atoms with E-state index in [4.69, 9.17) is 23.7 Å². The minimum absolute atomic E-state index is 0.00264. The van der Waals surface area contributed by atoms with Crippen LogP contribution in [0.2, 0.25) is 0 Å². The Kier molecular flexibility index (Phi) is 11.7. The summed E-state index contributed by atoms with van der Waals surface area (Å²) in [6.45, 7) is 11.0. The van der Waals surface area contributed by atoms with E-state index in [-0.39, 0.29) is 23.4 Å². The molecule has 1 aliphatic rings. The Morgan fingerprint density at radius 1 is 1.10 bits per heavy atom. The number of hydrogen-bond donors (Lipinski definition) is 3. The van der Waals surface area contributed by atoms with Crippen molar-refractivity contribution in [3.05, 3.63) is 60.0 Å². The molecule has 3 aromatic rings. The number of anilines is 1. The second kappa shape index (κ2) is 15.4. The predicted molar refractivity (Wildman–Crippen MR) is 180 cm³/mol. The molecule has 2 amide bonds. The van der Waals surface area contributed by atoms with Crippen LogP contribution in [0.15, 0.2) is 48.8 Å². The summed E-state index contributed by atoms with van der Waals surface area (Å²) >= 11 is 0. The zero-order valence-electron chi connectivity index (χ0n) is 29.8. The molecule has 2 aromatic heterocycles. The van der Waals surface area contributed by atoms with Gasteiger partial charge in [-0.3, -0.25) is 9.59 Å². The number of aliphatic hydroxyl groups is 1. The second-order valence-electron chi connectivity index (χ2n) is 13.9. The number of aliphatic hydroxyl groups excluding tert-OH is 1. The van der Waals surface area contributed by atoms with Crippen molar-refractivity contribution in [2.45, 2.75) is 96.0 Å². The molecule has 1 saturated heterocycles. The largest absolute Gasteiger partial charge is 0.463 e. The summed E-state index contributed by atoms with van der Waals surface area (Å²) in [5, 5.41) is 31.9. The van der Waals surface area contributed by atoms with E-state index in [0.717, 1.165) is 6.33 Å². The summed E-state index contributed by atoms with van der Waals surface area (Å²) in [5.74, 6) is -2.51. The van der Waals surface area contributed by atoms with Gasteiger partial charge >= 0.3 is 18.0 Å². The standard InChI is InChI=1S/C35H44N6O10/c1-20(2)26(39-32(46)51-33(3,4)5)30(44)49-27-23(17-48-25(42)16-21-12-10-9-11-13-21)50-35(18-36,28(27)43)24-15-14-22-29(37-19-38-41(22)24)40-31(45)34(6,7)47-8/h9-15,19-20,23,26-28,43H,16-17H2,1-8H3,(H,39,46)(H,37,38,40,45)/t23-,26-,27-,28-,35+/m1/s1. The van der Waals surface area contributed by atoms with Crippen molar-refractivity contribution in [2.24, 2.45) is 5.92 Å². The topological polar surface area (TPSA) is 213 Å². The number of nitriles is 1. The van der Waals surface area contributed by atoms with Crippen molar-refractivity contribution in [1.29, 1.82) is 5.26 Å². The van der Waals surface area contributed by atoms with Crippen LogP contribution < -0.4 is 10.6 Å². The third-order valence-corrected chi connectivity index (χ3v) is 8.16. The lowest BCUT2D eigenvalue weighted by Gasteiger charge is -2.28. The molecule has 1 fully saturated rings. The van der Waals surface area contributed by atoms with E-state index in [1.54, 1.807) is 78.8 Å². The number of aromatic nitrogens is 3. The molecule has 1 aromatic carbocycles. The highest BCUT2D eigenvalue weighted by atomic mass is 16.6. The van der Waals surface area contributed by atoms with Crippen LogP contribution in [-0.2, 0) is 50.1 Å². The number of hydrogen-bond acceptors (Lipinski definition) is 13. The molecule has 3 heterocycles. The molecule has 0 bridgehead atoms. The van der Waals surface area contributed by atoms with Gasteiger partial charge in [0.15, 0.2) is 11.9 Å². The lowest BCUT2D eigenvalue weighted by molar-refractivity contribution is -0.163. The monoisotopic (exact) mass is 708 g/mol. The summed E-state index contributed by atoms with van der Waals surface area (Å²) in [4.78, 5) is 56.1.